The highest BCUT2D eigenvalue weighted by Crippen LogP contribution is 2.14. The Morgan fingerprint density at radius 3 is 3.00 bits per heavy atom. The predicted octanol–water partition coefficient (Wildman–Crippen LogP) is -1.28. The summed E-state index contributed by atoms with van der Waals surface area (Å²) in [6.45, 7) is 0.0549. The lowest BCUT2D eigenvalue weighted by Gasteiger charge is -2.08. The predicted molar refractivity (Wildman–Crippen MR) is 50.5 cm³/mol. The van der Waals surface area contributed by atoms with Crippen molar-refractivity contribution in [3.63, 3.8) is 0 Å². The summed E-state index contributed by atoms with van der Waals surface area (Å²) in [5.74, 6) is 0.692. The van der Waals surface area contributed by atoms with E-state index in [9.17, 15) is 0 Å². The van der Waals surface area contributed by atoms with Crippen LogP contribution in [0.1, 0.15) is 0 Å². The average Bonchev–Trinajstić information content (AvgIpc) is 2.64. The van der Waals surface area contributed by atoms with Crippen LogP contribution in [0.4, 0.5) is 11.8 Å². The number of hydrogen-bond donors (Lipinski definition) is 3. The van der Waals surface area contributed by atoms with E-state index in [0.29, 0.717) is 5.82 Å². The van der Waals surface area contributed by atoms with Gasteiger partial charge >= 0.3 is 0 Å². The molecule has 0 saturated carbocycles. The van der Waals surface area contributed by atoms with E-state index in [1.165, 1.54) is 9.36 Å². The van der Waals surface area contributed by atoms with Crippen molar-refractivity contribution in [3.05, 3.63) is 12.3 Å². The van der Waals surface area contributed by atoms with Crippen molar-refractivity contribution >= 4 is 17.3 Å². The number of aliphatic hydroxyl groups is 1. The maximum absolute atomic E-state index is 8.61. The van der Waals surface area contributed by atoms with Crippen LogP contribution in [-0.2, 0) is 0 Å². The number of nitrogens with two attached hydrogens (primary N) is 2. The molecule has 0 radical (unpaired) electrons. The third kappa shape index (κ3) is 1.14. The fourth-order valence-electron chi connectivity index (χ4n) is 1.25. The molecule has 0 fully saturated rings. The highest BCUT2D eigenvalue weighted by molar-refractivity contribution is 5.56. The molecule has 2 aromatic heterocycles. The quantitative estimate of drug-likeness (QED) is 0.568. The summed E-state index contributed by atoms with van der Waals surface area (Å²) in [7, 11) is 0. The van der Waals surface area contributed by atoms with Crippen molar-refractivity contribution in [2.75, 3.05) is 24.7 Å². The van der Waals surface area contributed by atoms with Gasteiger partial charge in [-0.1, -0.05) is 4.85 Å². The van der Waals surface area contributed by atoms with E-state index >= 15 is 0 Å². The van der Waals surface area contributed by atoms with Crippen LogP contribution in [0.2, 0.25) is 0 Å². The molecule has 0 amide bonds. The topological polar surface area (TPSA) is 104 Å². The van der Waals surface area contributed by atoms with E-state index in [-0.39, 0.29) is 19.2 Å². The number of imidazole rings is 1. The SMILES string of the molecule is Nc1cc2cnc(N)n2n1OCCO. The zero-order chi connectivity index (χ0) is 10.1. The Balaban J connectivity index is 2.48. The summed E-state index contributed by atoms with van der Waals surface area (Å²) in [5, 5.41) is 8.61. The maximum Gasteiger partial charge on any atom is 0.222 e. The minimum Gasteiger partial charge on any atom is -0.394 e. The highest BCUT2D eigenvalue weighted by atomic mass is 16.7. The van der Waals surface area contributed by atoms with Gasteiger partial charge in [0, 0.05) is 6.07 Å². The van der Waals surface area contributed by atoms with Gasteiger partial charge < -0.3 is 21.4 Å². The van der Waals surface area contributed by atoms with Gasteiger partial charge in [-0.15, -0.1) is 0 Å². The van der Waals surface area contributed by atoms with Crippen molar-refractivity contribution in [2.45, 2.75) is 0 Å². The Bertz CT molecular complexity index is 446. The number of fused-ring (bicyclic) bond motifs is 1. The van der Waals surface area contributed by atoms with Crippen LogP contribution in [0.5, 0.6) is 0 Å². The second-order valence-corrected chi connectivity index (χ2v) is 2.75. The van der Waals surface area contributed by atoms with E-state index in [2.05, 4.69) is 4.98 Å². The van der Waals surface area contributed by atoms with Crippen molar-refractivity contribution < 1.29 is 9.94 Å². The van der Waals surface area contributed by atoms with Crippen LogP contribution in [0.25, 0.3) is 5.52 Å². The highest BCUT2D eigenvalue weighted by Gasteiger charge is 2.09. The number of aliphatic hydroxyl groups excluding tert-OH is 1. The van der Waals surface area contributed by atoms with Gasteiger partial charge in [0.1, 0.15) is 6.61 Å². The third-order valence-corrected chi connectivity index (χ3v) is 1.79. The first kappa shape index (κ1) is 8.70. The molecule has 0 unspecified atom stereocenters. The Labute approximate surface area is 79.4 Å². The molecule has 0 aromatic carbocycles. The molecule has 7 heteroatoms. The summed E-state index contributed by atoms with van der Waals surface area (Å²) < 4.78 is 1.52. The number of aromatic nitrogens is 3. The van der Waals surface area contributed by atoms with Gasteiger partial charge in [0.05, 0.1) is 18.3 Å². The van der Waals surface area contributed by atoms with Gasteiger partial charge in [-0.25, -0.2) is 4.98 Å². The summed E-state index contributed by atoms with van der Waals surface area (Å²) >= 11 is 0. The monoisotopic (exact) mass is 197 g/mol. The number of rotatable bonds is 3. The lowest BCUT2D eigenvalue weighted by atomic mass is 10.5. The second kappa shape index (κ2) is 3.11. The first-order chi connectivity index (χ1) is 6.74. The van der Waals surface area contributed by atoms with Crippen LogP contribution in [0.15, 0.2) is 12.3 Å². The molecule has 0 bridgehead atoms. The minimum absolute atomic E-state index is 0.0896. The summed E-state index contributed by atoms with van der Waals surface area (Å²) in [5.41, 5.74) is 12.0. The Morgan fingerprint density at radius 2 is 2.29 bits per heavy atom. The van der Waals surface area contributed by atoms with Crippen molar-refractivity contribution in [3.8, 4) is 0 Å². The lowest BCUT2D eigenvalue weighted by Crippen LogP contribution is -2.22. The molecule has 2 heterocycles. The Hall–Kier alpha value is -1.89. The lowest BCUT2D eigenvalue weighted by molar-refractivity contribution is 0.0523. The molecule has 76 valence electrons. The van der Waals surface area contributed by atoms with E-state index < -0.39 is 0 Å². The average molecular weight is 197 g/mol. The molecular formula is C7H11N5O2. The fraction of sp³-hybridized carbons (Fsp3) is 0.286. The fourth-order valence-corrected chi connectivity index (χ4v) is 1.25. The number of nitrogen functional groups attached to an aromatic ring is 2. The minimum atomic E-state index is -0.0896. The molecule has 0 atom stereocenters. The van der Waals surface area contributed by atoms with E-state index in [1.807, 2.05) is 0 Å². The van der Waals surface area contributed by atoms with Gasteiger partial charge in [0.15, 0.2) is 5.82 Å². The summed E-state index contributed by atoms with van der Waals surface area (Å²) in [6, 6.07) is 1.68. The summed E-state index contributed by atoms with van der Waals surface area (Å²) in [6.07, 6.45) is 1.59. The van der Waals surface area contributed by atoms with Crippen LogP contribution < -0.4 is 16.3 Å². The van der Waals surface area contributed by atoms with Gasteiger partial charge in [-0.05, 0) is 0 Å². The first-order valence-electron chi connectivity index (χ1n) is 4.08. The number of anilines is 2. The van der Waals surface area contributed by atoms with Crippen molar-refractivity contribution in [1.82, 2.24) is 14.3 Å². The largest absolute Gasteiger partial charge is 0.394 e. The van der Waals surface area contributed by atoms with Crippen molar-refractivity contribution in [1.29, 1.82) is 0 Å². The second-order valence-electron chi connectivity index (χ2n) is 2.75. The zero-order valence-electron chi connectivity index (χ0n) is 7.42. The van der Waals surface area contributed by atoms with Gasteiger partial charge in [-0.3, -0.25) is 0 Å². The molecule has 0 aliphatic carbocycles. The molecule has 2 aromatic rings. The van der Waals surface area contributed by atoms with E-state index in [1.54, 1.807) is 12.3 Å². The van der Waals surface area contributed by atoms with Crippen LogP contribution in [-0.4, -0.2) is 32.7 Å². The Kier molecular flexibility index (Phi) is 1.93. The molecule has 2 rings (SSSR count). The molecule has 0 saturated heterocycles. The van der Waals surface area contributed by atoms with Gasteiger partial charge in [0.2, 0.25) is 5.95 Å². The van der Waals surface area contributed by atoms with Gasteiger partial charge in [-0.2, -0.15) is 4.52 Å². The van der Waals surface area contributed by atoms with Gasteiger partial charge in [0.25, 0.3) is 0 Å². The van der Waals surface area contributed by atoms with E-state index in [0.717, 1.165) is 5.52 Å². The molecule has 14 heavy (non-hydrogen) atoms. The molecular weight excluding hydrogens is 186 g/mol. The van der Waals surface area contributed by atoms with Crippen LogP contribution >= 0.6 is 0 Å². The van der Waals surface area contributed by atoms with Crippen LogP contribution in [0.3, 0.4) is 0 Å². The molecule has 0 aliphatic rings. The molecule has 0 aliphatic heterocycles. The number of hydrogen-bond acceptors (Lipinski definition) is 5. The smallest absolute Gasteiger partial charge is 0.222 e. The normalized spacial score (nSPS) is 10.9. The standard InChI is InChI=1S/C7H11N5O2/c8-6-3-5-4-10-7(9)11(5)12(6)14-2-1-13/h3-4,13H,1-2,8H2,(H2,9,10). The third-order valence-electron chi connectivity index (χ3n) is 1.79. The number of nitrogens with zero attached hydrogens (tertiary/aromatic N) is 3. The maximum atomic E-state index is 8.61. The molecule has 5 N–H and O–H groups in total. The van der Waals surface area contributed by atoms with Crippen molar-refractivity contribution in [2.24, 2.45) is 0 Å². The molecule has 0 spiro atoms. The van der Waals surface area contributed by atoms with Crippen LogP contribution in [0, 0.1) is 0 Å². The van der Waals surface area contributed by atoms with E-state index in [4.69, 9.17) is 21.4 Å². The summed E-state index contributed by atoms with van der Waals surface area (Å²) in [4.78, 5) is 10.3. The first-order valence-corrected chi connectivity index (χ1v) is 4.08. The zero-order valence-corrected chi connectivity index (χ0v) is 7.42. The molecule has 7 nitrogen and oxygen atoms in total. The Morgan fingerprint density at radius 1 is 1.50 bits per heavy atom.